The summed E-state index contributed by atoms with van der Waals surface area (Å²) in [6.45, 7) is 5.96. The number of ether oxygens (including phenoxy) is 1. The van der Waals surface area contributed by atoms with Crippen LogP contribution in [-0.4, -0.2) is 93.3 Å². The molecule has 2 N–H and O–H groups in total. The van der Waals surface area contributed by atoms with Crippen LogP contribution in [0.1, 0.15) is 72.3 Å². The van der Waals surface area contributed by atoms with Gasteiger partial charge in [-0.15, -0.1) is 0 Å². The van der Waals surface area contributed by atoms with Gasteiger partial charge < -0.3 is 24.4 Å². The Morgan fingerprint density at radius 1 is 0.939 bits per heavy atom. The molecule has 5 heterocycles. The summed E-state index contributed by atoms with van der Waals surface area (Å²) >= 11 is 0. The smallest absolute Gasteiger partial charge is 0.264 e. The van der Waals surface area contributed by atoms with Crippen molar-refractivity contribution in [1.82, 2.24) is 24.4 Å². The zero-order valence-electron chi connectivity index (χ0n) is 28.6. The summed E-state index contributed by atoms with van der Waals surface area (Å²) in [6, 6.07) is 11.9. The van der Waals surface area contributed by atoms with Gasteiger partial charge in [-0.05, 0) is 86.5 Å². The average Bonchev–Trinajstić information content (AvgIpc) is 3.73. The standard InChI is InChI=1S/C38H47N5O5S/c1-41-20-37-18-39-19-38(37,21-41)23-42(22-37)36(45)27-14-26-15-28(48-2)9-13-30(26)34-33(24-6-4-3-5-7-24)31-12-8-25(16-32(31)43(34)17-27)35(44)40-49(46,47)29-10-11-29/h8-9,12-13,15-16,24,27,29,39H,3-7,10-11,14,17-23H2,1-2H3,(H,40,44). The maximum absolute atomic E-state index is 14.8. The minimum Gasteiger partial charge on any atom is -0.497 e. The summed E-state index contributed by atoms with van der Waals surface area (Å²) in [7, 11) is 0.197. The molecule has 0 spiro atoms. The van der Waals surface area contributed by atoms with Crippen LogP contribution in [0, 0.1) is 16.7 Å². The molecule has 3 aromatic rings. The first kappa shape index (κ1) is 31.6. The zero-order valence-corrected chi connectivity index (χ0v) is 29.4. The summed E-state index contributed by atoms with van der Waals surface area (Å²) in [5, 5.41) is 4.26. The number of amides is 2. The van der Waals surface area contributed by atoms with Crippen molar-refractivity contribution >= 4 is 32.7 Å². The number of likely N-dealkylation sites (tertiary alicyclic amines) is 2. The molecule has 3 saturated heterocycles. The van der Waals surface area contributed by atoms with Crippen LogP contribution in [0.5, 0.6) is 5.75 Å². The van der Waals surface area contributed by atoms with Gasteiger partial charge in [-0.1, -0.05) is 25.3 Å². The molecule has 9 rings (SSSR count). The summed E-state index contributed by atoms with van der Waals surface area (Å²) in [6.07, 6.45) is 7.57. The fourth-order valence-corrected chi connectivity index (χ4v) is 11.8. The normalized spacial score (nSPS) is 28.5. The number of hydrogen-bond donors (Lipinski definition) is 2. The van der Waals surface area contributed by atoms with E-state index in [-0.39, 0.29) is 22.7 Å². The molecular formula is C38H47N5O5S. The molecule has 2 aromatic carbocycles. The molecule has 1 aromatic heterocycles. The SMILES string of the molecule is COc1ccc2c(c1)CC(C(=O)N1CC34CNCC3(CN(C)C4)C1)Cn1c-2c(C2CCCCC2)c2ccc(C(=O)NS(=O)(=O)C3CC3)cc21. The molecule has 2 aliphatic carbocycles. The van der Waals surface area contributed by atoms with Crippen LogP contribution in [0.2, 0.25) is 0 Å². The topological polar surface area (TPSA) is 113 Å². The van der Waals surface area contributed by atoms with Gasteiger partial charge in [0.15, 0.2) is 0 Å². The summed E-state index contributed by atoms with van der Waals surface area (Å²) in [5.74, 6) is 0.450. The predicted octanol–water partition coefficient (Wildman–Crippen LogP) is 4.12. The van der Waals surface area contributed by atoms with Crippen LogP contribution < -0.4 is 14.8 Å². The number of nitrogens with one attached hydrogen (secondary N) is 2. The Labute approximate surface area is 288 Å². The van der Waals surface area contributed by atoms with E-state index >= 15 is 0 Å². The third-order valence-corrected chi connectivity index (χ3v) is 14.7. The molecule has 49 heavy (non-hydrogen) atoms. The quantitative estimate of drug-likeness (QED) is 0.402. The summed E-state index contributed by atoms with van der Waals surface area (Å²) in [4.78, 5) is 32.9. The molecule has 2 amide bonds. The monoisotopic (exact) mass is 685 g/mol. The lowest BCUT2D eigenvalue weighted by Gasteiger charge is -2.28. The van der Waals surface area contributed by atoms with Gasteiger partial charge >= 0.3 is 0 Å². The number of rotatable bonds is 6. The lowest BCUT2D eigenvalue weighted by Crippen LogP contribution is -2.43. The van der Waals surface area contributed by atoms with E-state index in [9.17, 15) is 18.0 Å². The molecule has 260 valence electrons. The minimum absolute atomic E-state index is 0.0891. The van der Waals surface area contributed by atoms with E-state index in [1.807, 2.05) is 18.2 Å². The van der Waals surface area contributed by atoms with Gasteiger partial charge in [0.05, 0.1) is 24.0 Å². The van der Waals surface area contributed by atoms with Crippen molar-refractivity contribution in [3.63, 3.8) is 0 Å². The highest BCUT2D eigenvalue weighted by Gasteiger charge is 2.65. The lowest BCUT2D eigenvalue weighted by molar-refractivity contribution is -0.135. The second-order valence-corrected chi connectivity index (χ2v) is 18.0. The molecular weight excluding hydrogens is 639 g/mol. The number of nitrogens with zero attached hydrogens (tertiary/aromatic N) is 3. The average molecular weight is 686 g/mol. The molecule has 2 saturated carbocycles. The Balaban J connectivity index is 1.16. The summed E-state index contributed by atoms with van der Waals surface area (Å²) in [5.41, 5.74) is 6.06. The molecule has 3 unspecified atom stereocenters. The first-order valence-corrected chi connectivity index (χ1v) is 19.7. The third kappa shape index (κ3) is 4.97. The van der Waals surface area contributed by atoms with E-state index in [0.717, 1.165) is 85.6 Å². The van der Waals surface area contributed by atoms with E-state index in [2.05, 4.69) is 43.6 Å². The number of methoxy groups -OCH3 is 1. The van der Waals surface area contributed by atoms with Crippen molar-refractivity contribution in [3.8, 4) is 17.0 Å². The van der Waals surface area contributed by atoms with Crippen LogP contribution in [0.3, 0.4) is 0 Å². The lowest BCUT2D eigenvalue weighted by atomic mass is 9.71. The van der Waals surface area contributed by atoms with E-state index in [0.29, 0.717) is 37.3 Å². The van der Waals surface area contributed by atoms with Crippen LogP contribution in [0.25, 0.3) is 22.2 Å². The van der Waals surface area contributed by atoms with Crippen LogP contribution in [0.15, 0.2) is 36.4 Å². The van der Waals surface area contributed by atoms with Crippen molar-refractivity contribution in [1.29, 1.82) is 0 Å². The number of fused-ring (bicyclic) bond motifs is 5. The number of aromatic nitrogens is 1. The Hall–Kier alpha value is -3.41. The highest BCUT2D eigenvalue weighted by molar-refractivity contribution is 7.91. The fraction of sp³-hybridized carbons (Fsp3) is 0.579. The maximum Gasteiger partial charge on any atom is 0.264 e. The number of carbonyl (C=O) groups excluding carboxylic acids is 2. The predicted molar refractivity (Wildman–Crippen MR) is 188 cm³/mol. The number of benzene rings is 2. The van der Waals surface area contributed by atoms with Crippen molar-refractivity contribution in [3.05, 3.63) is 53.1 Å². The third-order valence-electron chi connectivity index (χ3n) is 12.9. The largest absolute Gasteiger partial charge is 0.497 e. The van der Waals surface area contributed by atoms with Gasteiger partial charge in [0.2, 0.25) is 15.9 Å². The number of hydrogen-bond acceptors (Lipinski definition) is 7. The van der Waals surface area contributed by atoms with Crippen molar-refractivity contribution < 1.29 is 22.7 Å². The van der Waals surface area contributed by atoms with Crippen molar-refractivity contribution in [2.75, 3.05) is 53.4 Å². The van der Waals surface area contributed by atoms with E-state index in [1.54, 1.807) is 13.2 Å². The molecule has 5 fully saturated rings. The molecule has 11 heteroatoms. The van der Waals surface area contributed by atoms with Crippen LogP contribution in [0.4, 0.5) is 0 Å². The number of sulfonamides is 1. The van der Waals surface area contributed by atoms with Gasteiger partial charge in [0, 0.05) is 78.7 Å². The fourth-order valence-electron chi connectivity index (χ4n) is 10.5. The van der Waals surface area contributed by atoms with E-state index in [1.165, 1.54) is 24.8 Å². The first-order chi connectivity index (χ1) is 23.6. The molecule has 0 radical (unpaired) electrons. The molecule has 0 bridgehead atoms. The highest BCUT2D eigenvalue weighted by Crippen LogP contribution is 2.54. The molecule has 3 atom stereocenters. The second kappa shape index (κ2) is 11.3. The van der Waals surface area contributed by atoms with Crippen LogP contribution in [-0.2, 0) is 27.8 Å². The van der Waals surface area contributed by atoms with E-state index in [4.69, 9.17) is 4.74 Å². The van der Waals surface area contributed by atoms with E-state index < -0.39 is 21.2 Å². The van der Waals surface area contributed by atoms with Gasteiger partial charge in [0.1, 0.15) is 5.75 Å². The van der Waals surface area contributed by atoms with Crippen molar-refractivity contribution in [2.45, 2.75) is 69.1 Å². The Bertz CT molecular complexity index is 1960. The maximum atomic E-state index is 14.8. The molecule has 10 nitrogen and oxygen atoms in total. The van der Waals surface area contributed by atoms with Crippen molar-refractivity contribution in [2.24, 2.45) is 16.7 Å². The number of carbonyl (C=O) groups is 2. The molecule has 4 aliphatic heterocycles. The Morgan fingerprint density at radius 3 is 2.37 bits per heavy atom. The zero-order chi connectivity index (χ0) is 33.7. The van der Waals surface area contributed by atoms with Gasteiger partial charge in [0.25, 0.3) is 5.91 Å². The highest BCUT2D eigenvalue weighted by atomic mass is 32.2. The van der Waals surface area contributed by atoms with Gasteiger partial charge in [-0.2, -0.15) is 0 Å². The minimum atomic E-state index is -3.69. The first-order valence-electron chi connectivity index (χ1n) is 18.2. The summed E-state index contributed by atoms with van der Waals surface area (Å²) < 4.78 is 35.8. The van der Waals surface area contributed by atoms with Crippen LogP contribution >= 0.6 is 0 Å². The van der Waals surface area contributed by atoms with Gasteiger partial charge in [-0.3, -0.25) is 9.59 Å². The Kier molecular flexibility index (Phi) is 7.28. The molecule has 6 aliphatic rings. The van der Waals surface area contributed by atoms with Gasteiger partial charge in [-0.25, -0.2) is 13.1 Å². The Morgan fingerprint density at radius 2 is 1.67 bits per heavy atom. The second-order valence-electron chi connectivity index (χ2n) is 16.1.